The molecule has 2 heterocycles. The lowest BCUT2D eigenvalue weighted by Crippen LogP contribution is -2.30. The third-order valence-electron chi connectivity index (χ3n) is 4.23. The topological polar surface area (TPSA) is 65.5 Å². The molecule has 0 aliphatic carbocycles. The quantitative estimate of drug-likeness (QED) is 0.773. The zero-order chi connectivity index (χ0) is 15.8. The number of aliphatic hydroxyl groups excluding tert-OH is 1. The van der Waals surface area contributed by atoms with Gasteiger partial charge in [-0.15, -0.1) is 0 Å². The van der Waals surface area contributed by atoms with Crippen molar-refractivity contribution in [2.75, 3.05) is 31.1 Å². The highest BCUT2D eigenvalue weighted by Gasteiger charge is 2.15. The molecular weight excluding hydrogens is 278 g/mol. The summed E-state index contributed by atoms with van der Waals surface area (Å²) in [4.78, 5) is 18.8. The fourth-order valence-corrected chi connectivity index (χ4v) is 2.93. The minimum atomic E-state index is -0.0838. The Morgan fingerprint density at radius 3 is 2.73 bits per heavy atom. The maximum absolute atomic E-state index is 12.2. The lowest BCUT2D eigenvalue weighted by molar-refractivity contribution is 0.0942. The summed E-state index contributed by atoms with van der Waals surface area (Å²) in [6.45, 7) is 5.01. The van der Waals surface area contributed by atoms with E-state index in [1.807, 2.05) is 12.1 Å². The van der Waals surface area contributed by atoms with Crippen molar-refractivity contribution in [1.82, 2.24) is 10.3 Å². The number of carbonyl (C=O) groups is 1. The van der Waals surface area contributed by atoms with Crippen LogP contribution in [0.3, 0.4) is 0 Å². The van der Waals surface area contributed by atoms with Crippen molar-refractivity contribution in [3.8, 4) is 0 Å². The molecule has 2 rings (SSSR count). The molecule has 1 amide bonds. The van der Waals surface area contributed by atoms with Crippen LogP contribution in [-0.4, -0.2) is 42.2 Å². The summed E-state index contributed by atoms with van der Waals surface area (Å²) < 4.78 is 0. The van der Waals surface area contributed by atoms with Crippen LogP contribution in [0.25, 0.3) is 0 Å². The highest BCUT2D eigenvalue weighted by molar-refractivity contribution is 5.94. The zero-order valence-electron chi connectivity index (χ0n) is 13.4. The summed E-state index contributed by atoms with van der Waals surface area (Å²) >= 11 is 0. The van der Waals surface area contributed by atoms with Gasteiger partial charge in [0.2, 0.25) is 0 Å². The van der Waals surface area contributed by atoms with E-state index in [2.05, 4.69) is 22.1 Å². The summed E-state index contributed by atoms with van der Waals surface area (Å²) in [6, 6.07) is 3.77. The maximum atomic E-state index is 12.2. The van der Waals surface area contributed by atoms with Gasteiger partial charge in [-0.25, -0.2) is 4.98 Å². The summed E-state index contributed by atoms with van der Waals surface area (Å²) in [6.07, 6.45) is 6.91. The average Bonchev–Trinajstić information content (AvgIpc) is 3.07. The average molecular weight is 305 g/mol. The van der Waals surface area contributed by atoms with E-state index in [0.29, 0.717) is 18.0 Å². The number of anilines is 1. The highest BCUT2D eigenvalue weighted by atomic mass is 16.3. The molecule has 0 saturated carbocycles. The second-order valence-electron chi connectivity index (χ2n) is 5.98. The van der Waals surface area contributed by atoms with Crippen LogP contribution in [-0.2, 0) is 0 Å². The molecule has 1 fully saturated rings. The number of rotatable bonds is 8. The van der Waals surface area contributed by atoms with Crippen LogP contribution in [0.5, 0.6) is 0 Å². The number of nitrogens with one attached hydrogen (secondary N) is 1. The first-order valence-corrected chi connectivity index (χ1v) is 8.34. The van der Waals surface area contributed by atoms with Crippen LogP contribution in [0, 0.1) is 5.92 Å². The Hall–Kier alpha value is -1.62. The van der Waals surface area contributed by atoms with Crippen LogP contribution >= 0.6 is 0 Å². The molecule has 0 aromatic carbocycles. The number of nitrogens with zero attached hydrogens (tertiary/aromatic N) is 2. The molecule has 5 nitrogen and oxygen atoms in total. The molecule has 2 N–H and O–H groups in total. The van der Waals surface area contributed by atoms with Gasteiger partial charge in [-0.3, -0.25) is 4.79 Å². The lowest BCUT2D eigenvalue weighted by Gasteiger charge is -2.17. The van der Waals surface area contributed by atoms with Crippen molar-refractivity contribution >= 4 is 11.7 Å². The zero-order valence-corrected chi connectivity index (χ0v) is 13.4. The van der Waals surface area contributed by atoms with Crippen molar-refractivity contribution in [2.24, 2.45) is 5.92 Å². The normalized spacial score (nSPS) is 15.8. The highest BCUT2D eigenvalue weighted by Crippen LogP contribution is 2.17. The minimum Gasteiger partial charge on any atom is -0.396 e. The van der Waals surface area contributed by atoms with Crippen LogP contribution in [0.4, 0.5) is 5.82 Å². The molecule has 0 bridgehead atoms. The largest absolute Gasteiger partial charge is 0.396 e. The van der Waals surface area contributed by atoms with Gasteiger partial charge in [0, 0.05) is 32.4 Å². The minimum absolute atomic E-state index is 0.0838. The third-order valence-corrected chi connectivity index (χ3v) is 4.23. The van der Waals surface area contributed by atoms with Crippen molar-refractivity contribution < 1.29 is 9.90 Å². The number of aromatic nitrogens is 1. The lowest BCUT2D eigenvalue weighted by atomic mass is 10.0. The number of hydrogen-bond donors (Lipinski definition) is 2. The van der Waals surface area contributed by atoms with Crippen molar-refractivity contribution in [2.45, 2.75) is 39.0 Å². The van der Waals surface area contributed by atoms with Gasteiger partial charge in [0.25, 0.3) is 5.91 Å². The summed E-state index contributed by atoms with van der Waals surface area (Å²) in [7, 11) is 0. The summed E-state index contributed by atoms with van der Waals surface area (Å²) in [5, 5.41) is 12.0. The first kappa shape index (κ1) is 16.7. The fourth-order valence-electron chi connectivity index (χ4n) is 2.93. The number of pyridine rings is 1. The van der Waals surface area contributed by atoms with Crippen molar-refractivity contribution in [1.29, 1.82) is 0 Å². The van der Waals surface area contributed by atoms with Crippen LogP contribution < -0.4 is 10.2 Å². The van der Waals surface area contributed by atoms with Crippen LogP contribution in [0.15, 0.2) is 18.3 Å². The monoisotopic (exact) mass is 305 g/mol. The Morgan fingerprint density at radius 2 is 2.14 bits per heavy atom. The molecule has 1 aliphatic rings. The predicted molar refractivity (Wildman–Crippen MR) is 88.1 cm³/mol. The summed E-state index contributed by atoms with van der Waals surface area (Å²) in [5.74, 6) is 1.22. The Balaban J connectivity index is 1.86. The van der Waals surface area contributed by atoms with E-state index < -0.39 is 0 Å². The molecule has 5 heteroatoms. The molecular formula is C17H27N3O2. The van der Waals surface area contributed by atoms with E-state index in [4.69, 9.17) is 5.11 Å². The second-order valence-corrected chi connectivity index (χ2v) is 5.98. The number of carbonyl (C=O) groups excluding carboxylic acids is 1. The smallest absolute Gasteiger partial charge is 0.252 e. The molecule has 1 saturated heterocycles. The van der Waals surface area contributed by atoms with Crippen LogP contribution in [0.2, 0.25) is 0 Å². The maximum Gasteiger partial charge on any atom is 0.252 e. The van der Waals surface area contributed by atoms with Gasteiger partial charge < -0.3 is 15.3 Å². The van der Waals surface area contributed by atoms with Gasteiger partial charge >= 0.3 is 0 Å². The predicted octanol–water partition coefficient (Wildman–Crippen LogP) is 2.21. The summed E-state index contributed by atoms with van der Waals surface area (Å²) in [5.41, 5.74) is 0.599. The Bertz CT molecular complexity index is 449. The van der Waals surface area contributed by atoms with Gasteiger partial charge in [0.1, 0.15) is 5.82 Å². The second kappa shape index (κ2) is 8.73. The third kappa shape index (κ3) is 4.70. The Kier molecular flexibility index (Phi) is 6.65. The van der Waals surface area contributed by atoms with Crippen molar-refractivity contribution in [3.05, 3.63) is 23.9 Å². The van der Waals surface area contributed by atoms with E-state index >= 15 is 0 Å². The SMILES string of the molecule is CCCC(CCO)CNC(=O)c1ccc(N2CCCC2)nc1. The Labute approximate surface area is 132 Å². The van der Waals surface area contributed by atoms with Gasteiger partial charge in [-0.2, -0.15) is 0 Å². The molecule has 0 spiro atoms. The molecule has 1 unspecified atom stereocenters. The first-order valence-electron chi connectivity index (χ1n) is 8.34. The van der Waals surface area contributed by atoms with E-state index in [0.717, 1.165) is 38.2 Å². The van der Waals surface area contributed by atoms with E-state index in [1.165, 1.54) is 12.8 Å². The van der Waals surface area contributed by atoms with Gasteiger partial charge in [0.05, 0.1) is 5.56 Å². The molecule has 122 valence electrons. The molecule has 22 heavy (non-hydrogen) atoms. The molecule has 1 aliphatic heterocycles. The first-order chi connectivity index (χ1) is 10.7. The molecule has 1 aromatic rings. The Morgan fingerprint density at radius 1 is 1.36 bits per heavy atom. The fraction of sp³-hybridized carbons (Fsp3) is 0.647. The van der Waals surface area contributed by atoms with Gasteiger partial charge in [-0.05, 0) is 43.7 Å². The van der Waals surface area contributed by atoms with E-state index in [9.17, 15) is 4.79 Å². The number of amides is 1. The van der Waals surface area contributed by atoms with E-state index in [1.54, 1.807) is 6.20 Å². The van der Waals surface area contributed by atoms with Crippen molar-refractivity contribution in [3.63, 3.8) is 0 Å². The number of hydrogen-bond acceptors (Lipinski definition) is 4. The molecule has 1 atom stereocenters. The standard InChI is InChI=1S/C17H27N3O2/c1-2-5-14(8-11-21)12-19-17(22)15-6-7-16(18-13-15)20-9-3-4-10-20/h6-7,13-14,21H,2-5,8-12H2,1H3,(H,19,22). The van der Waals surface area contributed by atoms with E-state index in [-0.39, 0.29) is 12.5 Å². The molecule has 0 radical (unpaired) electrons. The van der Waals surface area contributed by atoms with Gasteiger partial charge in [0.15, 0.2) is 0 Å². The van der Waals surface area contributed by atoms with Gasteiger partial charge in [-0.1, -0.05) is 13.3 Å². The number of aliphatic hydroxyl groups is 1. The van der Waals surface area contributed by atoms with Crippen LogP contribution in [0.1, 0.15) is 49.4 Å². The molecule has 1 aromatic heterocycles.